The molecule has 1 N–H and O–H groups in total. The Balaban J connectivity index is 1.74. The molecule has 1 saturated heterocycles. The van der Waals surface area contributed by atoms with E-state index in [1.165, 1.54) is 38.5 Å². The summed E-state index contributed by atoms with van der Waals surface area (Å²) in [6, 6.07) is -0.124. The third-order valence-electron chi connectivity index (χ3n) is 4.57. The average Bonchev–Trinajstić information content (AvgIpc) is 2.79. The second-order valence-corrected chi connectivity index (χ2v) is 6.38. The maximum Gasteiger partial charge on any atom is 0.238 e. The van der Waals surface area contributed by atoms with Crippen molar-refractivity contribution < 1.29 is 9.53 Å². The first-order valence-corrected chi connectivity index (χ1v) is 7.65. The van der Waals surface area contributed by atoms with Crippen LogP contribution in [-0.4, -0.2) is 49.2 Å². The predicted molar refractivity (Wildman–Crippen MR) is 76.1 cm³/mol. The molecular formula is C15H28N2O2. The molecule has 4 nitrogen and oxygen atoms in total. The van der Waals surface area contributed by atoms with Gasteiger partial charge in [-0.05, 0) is 32.6 Å². The van der Waals surface area contributed by atoms with Gasteiger partial charge in [-0.1, -0.05) is 19.3 Å². The minimum absolute atomic E-state index is 0.124. The van der Waals surface area contributed by atoms with Crippen LogP contribution in [0.2, 0.25) is 0 Å². The van der Waals surface area contributed by atoms with Gasteiger partial charge in [0.2, 0.25) is 5.91 Å². The lowest BCUT2D eigenvalue weighted by molar-refractivity contribution is -0.130. The maximum absolute atomic E-state index is 11.8. The number of rotatable bonds is 4. The zero-order chi connectivity index (χ0) is 13.9. The van der Waals surface area contributed by atoms with E-state index in [0.717, 1.165) is 13.0 Å². The molecule has 0 aromatic rings. The van der Waals surface area contributed by atoms with E-state index in [2.05, 4.69) is 5.32 Å². The van der Waals surface area contributed by atoms with Gasteiger partial charge in [0.15, 0.2) is 0 Å². The summed E-state index contributed by atoms with van der Waals surface area (Å²) in [4.78, 5) is 13.4. The van der Waals surface area contributed by atoms with E-state index in [1.807, 2.05) is 6.92 Å². The van der Waals surface area contributed by atoms with Crippen LogP contribution < -0.4 is 5.32 Å². The van der Waals surface area contributed by atoms with Gasteiger partial charge in [0.05, 0.1) is 17.7 Å². The Labute approximate surface area is 116 Å². The van der Waals surface area contributed by atoms with Crippen molar-refractivity contribution in [1.82, 2.24) is 10.2 Å². The zero-order valence-electron chi connectivity index (χ0n) is 12.6. The maximum atomic E-state index is 11.8. The Morgan fingerprint density at radius 1 is 1.32 bits per heavy atom. The SMILES string of the molecule is CC(NCC1CCC2(CCCCC2)O1)C(=O)N(C)C. The minimum Gasteiger partial charge on any atom is -0.370 e. The monoisotopic (exact) mass is 268 g/mol. The van der Waals surface area contributed by atoms with Crippen LogP contribution in [0.4, 0.5) is 0 Å². The predicted octanol–water partition coefficient (Wildman–Crippen LogP) is 1.93. The lowest BCUT2D eigenvalue weighted by Crippen LogP contribution is -2.44. The van der Waals surface area contributed by atoms with Gasteiger partial charge < -0.3 is 15.0 Å². The molecule has 2 aliphatic rings. The summed E-state index contributed by atoms with van der Waals surface area (Å²) in [5.41, 5.74) is 0.180. The number of nitrogens with one attached hydrogen (secondary N) is 1. The molecule has 1 aliphatic carbocycles. The van der Waals surface area contributed by atoms with Gasteiger partial charge in [-0.2, -0.15) is 0 Å². The van der Waals surface area contributed by atoms with E-state index < -0.39 is 0 Å². The minimum atomic E-state index is -0.124. The highest BCUT2D eigenvalue weighted by Gasteiger charge is 2.40. The summed E-state index contributed by atoms with van der Waals surface area (Å²) in [5, 5.41) is 3.31. The number of hydrogen-bond acceptors (Lipinski definition) is 3. The quantitative estimate of drug-likeness (QED) is 0.847. The standard InChI is InChI=1S/C15H28N2O2/c1-12(14(18)17(2)3)16-11-13-7-10-15(19-13)8-5-4-6-9-15/h12-13,16H,4-11H2,1-3H3. The molecule has 2 fully saturated rings. The summed E-state index contributed by atoms with van der Waals surface area (Å²) < 4.78 is 6.29. The Bertz CT molecular complexity index is 311. The van der Waals surface area contributed by atoms with Gasteiger partial charge in [-0.3, -0.25) is 4.79 Å². The molecule has 0 aromatic heterocycles. The highest BCUT2D eigenvalue weighted by atomic mass is 16.5. The van der Waals surface area contributed by atoms with Crippen LogP contribution in [0.5, 0.6) is 0 Å². The molecule has 19 heavy (non-hydrogen) atoms. The molecule has 2 unspecified atom stereocenters. The van der Waals surface area contributed by atoms with Crippen LogP contribution in [0.25, 0.3) is 0 Å². The first kappa shape index (κ1) is 14.8. The third-order valence-corrected chi connectivity index (χ3v) is 4.57. The highest BCUT2D eigenvalue weighted by molar-refractivity contribution is 5.80. The largest absolute Gasteiger partial charge is 0.370 e. The fraction of sp³-hybridized carbons (Fsp3) is 0.933. The van der Waals surface area contributed by atoms with E-state index in [9.17, 15) is 4.79 Å². The molecule has 0 radical (unpaired) electrons. The number of carbonyl (C=O) groups excluding carboxylic acids is 1. The van der Waals surface area contributed by atoms with Gasteiger partial charge in [-0.25, -0.2) is 0 Å². The number of carbonyl (C=O) groups is 1. The Morgan fingerprint density at radius 3 is 2.63 bits per heavy atom. The number of amides is 1. The second kappa shape index (κ2) is 6.23. The Hall–Kier alpha value is -0.610. The summed E-state index contributed by atoms with van der Waals surface area (Å²) in [6.07, 6.45) is 9.08. The van der Waals surface area contributed by atoms with Crippen molar-refractivity contribution in [3.05, 3.63) is 0 Å². The fourth-order valence-electron chi connectivity index (χ4n) is 3.39. The average molecular weight is 268 g/mol. The van der Waals surface area contributed by atoms with Crippen molar-refractivity contribution in [3.8, 4) is 0 Å². The van der Waals surface area contributed by atoms with E-state index in [1.54, 1.807) is 19.0 Å². The summed E-state index contributed by atoms with van der Waals surface area (Å²) in [7, 11) is 3.59. The molecular weight excluding hydrogens is 240 g/mol. The molecule has 1 aliphatic heterocycles. The molecule has 110 valence electrons. The summed E-state index contributed by atoms with van der Waals surface area (Å²) >= 11 is 0. The molecule has 1 amide bonds. The molecule has 2 atom stereocenters. The number of ether oxygens (including phenoxy) is 1. The van der Waals surface area contributed by atoms with Gasteiger partial charge in [0, 0.05) is 20.6 Å². The van der Waals surface area contributed by atoms with E-state index in [-0.39, 0.29) is 23.7 Å². The lowest BCUT2D eigenvalue weighted by Gasteiger charge is -2.33. The van der Waals surface area contributed by atoms with Gasteiger partial charge in [0.1, 0.15) is 0 Å². The Morgan fingerprint density at radius 2 is 2.00 bits per heavy atom. The number of nitrogens with zero attached hydrogens (tertiary/aromatic N) is 1. The topological polar surface area (TPSA) is 41.6 Å². The van der Waals surface area contributed by atoms with Crippen LogP contribution in [0.3, 0.4) is 0 Å². The molecule has 1 spiro atoms. The molecule has 4 heteroatoms. The Kier molecular flexibility index (Phi) is 4.85. The van der Waals surface area contributed by atoms with Gasteiger partial charge in [-0.15, -0.1) is 0 Å². The smallest absolute Gasteiger partial charge is 0.238 e. The highest BCUT2D eigenvalue weighted by Crippen LogP contribution is 2.41. The van der Waals surface area contributed by atoms with Gasteiger partial charge in [0.25, 0.3) is 0 Å². The lowest BCUT2D eigenvalue weighted by atomic mass is 9.83. The van der Waals surface area contributed by atoms with Crippen LogP contribution in [0.15, 0.2) is 0 Å². The van der Waals surface area contributed by atoms with Crippen LogP contribution in [0, 0.1) is 0 Å². The van der Waals surface area contributed by atoms with Crippen LogP contribution in [0.1, 0.15) is 51.9 Å². The van der Waals surface area contributed by atoms with E-state index in [4.69, 9.17) is 4.74 Å². The molecule has 0 aromatic carbocycles. The van der Waals surface area contributed by atoms with Crippen molar-refractivity contribution in [2.75, 3.05) is 20.6 Å². The number of hydrogen-bond donors (Lipinski definition) is 1. The number of likely N-dealkylation sites (N-methyl/N-ethyl adjacent to an activating group) is 1. The third kappa shape index (κ3) is 3.69. The first-order valence-electron chi connectivity index (χ1n) is 7.65. The first-order chi connectivity index (χ1) is 9.02. The van der Waals surface area contributed by atoms with Crippen molar-refractivity contribution in [2.24, 2.45) is 0 Å². The normalized spacial score (nSPS) is 27.4. The van der Waals surface area contributed by atoms with E-state index >= 15 is 0 Å². The van der Waals surface area contributed by atoms with Crippen LogP contribution in [-0.2, 0) is 9.53 Å². The second-order valence-electron chi connectivity index (χ2n) is 6.38. The molecule has 2 rings (SSSR count). The molecule has 1 heterocycles. The van der Waals surface area contributed by atoms with Crippen molar-refractivity contribution in [1.29, 1.82) is 0 Å². The summed E-state index contributed by atoms with van der Waals surface area (Å²) in [6.45, 7) is 2.72. The fourth-order valence-corrected chi connectivity index (χ4v) is 3.39. The van der Waals surface area contributed by atoms with Gasteiger partial charge >= 0.3 is 0 Å². The zero-order valence-corrected chi connectivity index (χ0v) is 12.6. The van der Waals surface area contributed by atoms with Crippen LogP contribution >= 0.6 is 0 Å². The molecule has 1 saturated carbocycles. The van der Waals surface area contributed by atoms with E-state index in [0.29, 0.717) is 0 Å². The van der Waals surface area contributed by atoms with Crippen molar-refractivity contribution in [2.45, 2.75) is 69.6 Å². The van der Waals surface area contributed by atoms with Crippen molar-refractivity contribution in [3.63, 3.8) is 0 Å². The molecule has 0 bridgehead atoms. The summed E-state index contributed by atoms with van der Waals surface area (Å²) in [5.74, 6) is 0.130. The van der Waals surface area contributed by atoms with Crippen molar-refractivity contribution >= 4 is 5.91 Å².